The van der Waals surface area contributed by atoms with Gasteiger partial charge in [-0.05, 0) is 17.8 Å². The van der Waals surface area contributed by atoms with Crippen LogP contribution in [-0.4, -0.2) is 19.7 Å². The first-order chi connectivity index (χ1) is 9.92. The maximum Gasteiger partial charge on any atom is 0.339 e. The Morgan fingerprint density at radius 1 is 1.48 bits per heavy atom. The minimum absolute atomic E-state index is 0.0784. The van der Waals surface area contributed by atoms with E-state index >= 15 is 0 Å². The van der Waals surface area contributed by atoms with Crippen LogP contribution in [0.3, 0.4) is 0 Å². The summed E-state index contributed by atoms with van der Waals surface area (Å²) < 4.78 is 1.23. The maximum atomic E-state index is 11.2. The molecular formula is C11H7N5O4S. The largest absolute Gasteiger partial charge is 0.339 e. The lowest BCUT2D eigenvalue weighted by atomic mass is 10.2. The molecule has 0 atom stereocenters. The number of nitrogens with zero attached hydrogens (tertiary/aromatic N) is 4. The highest BCUT2D eigenvalue weighted by Crippen LogP contribution is 2.29. The van der Waals surface area contributed by atoms with Crippen molar-refractivity contribution in [3.05, 3.63) is 54.6 Å². The molecule has 0 unspecified atom stereocenters. The highest BCUT2D eigenvalue weighted by atomic mass is 32.2. The van der Waals surface area contributed by atoms with Gasteiger partial charge in [0, 0.05) is 24.1 Å². The van der Waals surface area contributed by atoms with E-state index in [1.165, 1.54) is 23.9 Å². The van der Waals surface area contributed by atoms with Crippen LogP contribution in [-0.2, 0) is 7.05 Å². The van der Waals surface area contributed by atoms with Crippen LogP contribution in [0.4, 0.5) is 5.69 Å². The molecule has 0 fully saturated rings. The molecule has 0 saturated heterocycles. The zero-order valence-corrected chi connectivity index (χ0v) is 11.4. The van der Waals surface area contributed by atoms with Crippen molar-refractivity contribution in [3.63, 3.8) is 0 Å². The Hall–Kier alpha value is -2.93. The Morgan fingerprint density at radius 3 is 2.81 bits per heavy atom. The first kappa shape index (κ1) is 14.5. The van der Waals surface area contributed by atoms with Crippen molar-refractivity contribution >= 4 is 17.4 Å². The summed E-state index contributed by atoms with van der Waals surface area (Å²) in [6, 6.07) is 5.61. The van der Waals surface area contributed by atoms with Crippen molar-refractivity contribution < 1.29 is 4.92 Å². The third-order valence-corrected chi connectivity index (χ3v) is 3.57. The molecule has 9 nitrogen and oxygen atoms in total. The van der Waals surface area contributed by atoms with E-state index in [1.54, 1.807) is 0 Å². The molecule has 0 aliphatic rings. The molecule has 0 amide bonds. The molecule has 10 heteroatoms. The SMILES string of the molecule is Cn1[nH]c(=O)c(=O)nc1Sc1ccc([N+](=O)[O-])cc1C#N. The minimum atomic E-state index is -0.948. The van der Waals surface area contributed by atoms with Gasteiger partial charge in [-0.2, -0.15) is 10.2 Å². The molecule has 0 bridgehead atoms. The number of aromatic nitrogens is 3. The van der Waals surface area contributed by atoms with Crippen LogP contribution in [0.15, 0.2) is 37.8 Å². The molecule has 2 rings (SSSR count). The van der Waals surface area contributed by atoms with Crippen molar-refractivity contribution in [1.82, 2.24) is 14.8 Å². The second-order valence-electron chi connectivity index (χ2n) is 3.85. The van der Waals surface area contributed by atoms with Gasteiger partial charge in [-0.3, -0.25) is 29.5 Å². The summed E-state index contributed by atoms with van der Waals surface area (Å²) in [5.41, 5.74) is -1.93. The van der Waals surface area contributed by atoms with Crippen LogP contribution >= 0.6 is 11.8 Å². The molecule has 1 N–H and O–H groups in total. The standard InChI is InChI=1S/C11H7N5O4S/c1-15-11(13-9(17)10(18)14-15)21-8-3-2-7(16(19)20)4-6(8)5-12/h2-4H,1H3,(H,14,18). The molecule has 1 aromatic carbocycles. The second-order valence-corrected chi connectivity index (χ2v) is 4.86. The summed E-state index contributed by atoms with van der Waals surface area (Å²) >= 11 is 0.945. The van der Waals surface area contributed by atoms with E-state index in [1.807, 2.05) is 6.07 Å². The van der Waals surface area contributed by atoms with Gasteiger partial charge in [0.15, 0.2) is 5.16 Å². The van der Waals surface area contributed by atoms with E-state index in [0.29, 0.717) is 4.90 Å². The smallest absolute Gasteiger partial charge is 0.265 e. The number of nitriles is 1. The maximum absolute atomic E-state index is 11.2. The van der Waals surface area contributed by atoms with E-state index in [4.69, 9.17) is 5.26 Å². The zero-order chi connectivity index (χ0) is 15.6. The van der Waals surface area contributed by atoms with Gasteiger partial charge in [0.25, 0.3) is 5.69 Å². The Balaban J connectivity index is 2.48. The molecule has 1 aromatic heterocycles. The third-order valence-electron chi connectivity index (χ3n) is 2.44. The predicted octanol–water partition coefficient (Wildman–Crippen LogP) is 0.400. The van der Waals surface area contributed by atoms with Gasteiger partial charge in [0.1, 0.15) is 6.07 Å². The van der Waals surface area contributed by atoms with Crippen LogP contribution in [0.2, 0.25) is 0 Å². The summed E-state index contributed by atoms with van der Waals surface area (Å²) in [5, 5.41) is 22.1. The second kappa shape index (κ2) is 5.59. The molecule has 0 aliphatic carbocycles. The summed E-state index contributed by atoms with van der Waals surface area (Å²) in [6.07, 6.45) is 0. The lowest BCUT2D eigenvalue weighted by Crippen LogP contribution is -2.33. The van der Waals surface area contributed by atoms with Crippen molar-refractivity contribution in [3.8, 4) is 6.07 Å². The topological polar surface area (TPSA) is 135 Å². The van der Waals surface area contributed by atoms with Crippen LogP contribution in [0.1, 0.15) is 5.56 Å². The number of H-pyrrole nitrogens is 1. The van der Waals surface area contributed by atoms with Gasteiger partial charge in [-0.25, -0.2) is 0 Å². The van der Waals surface area contributed by atoms with Crippen LogP contribution in [0, 0.1) is 21.4 Å². The highest BCUT2D eigenvalue weighted by Gasteiger charge is 2.14. The molecule has 0 spiro atoms. The van der Waals surface area contributed by atoms with Gasteiger partial charge < -0.3 is 0 Å². The van der Waals surface area contributed by atoms with Crippen molar-refractivity contribution in [2.45, 2.75) is 10.1 Å². The molecule has 0 radical (unpaired) electrons. The Bertz CT molecular complexity index is 879. The predicted molar refractivity (Wildman–Crippen MR) is 72.0 cm³/mol. The van der Waals surface area contributed by atoms with Crippen LogP contribution in [0.25, 0.3) is 0 Å². The van der Waals surface area contributed by atoms with Gasteiger partial charge in [0.2, 0.25) is 0 Å². The summed E-state index contributed by atoms with van der Waals surface area (Å²) in [7, 11) is 1.48. The van der Waals surface area contributed by atoms with Crippen LogP contribution < -0.4 is 11.1 Å². The van der Waals surface area contributed by atoms with Crippen molar-refractivity contribution in [2.24, 2.45) is 7.05 Å². The average Bonchev–Trinajstić information content (AvgIpc) is 2.44. The number of aryl methyl sites for hydroxylation is 1. The highest BCUT2D eigenvalue weighted by molar-refractivity contribution is 7.99. The summed E-state index contributed by atoms with van der Waals surface area (Å²) in [6.45, 7) is 0. The fraction of sp³-hybridized carbons (Fsp3) is 0.0909. The van der Waals surface area contributed by atoms with Crippen molar-refractivity contribution in [2.75, 3.05) is 0 Å². The van der Waals surface area contributed by atoms with Gasteiger partial charge in [0.05, 0.1) is 10.5 Å². The zero-order valence-electron chi connectivity index (χ0n) is 10.6. The van der Waals surface area contributed by atoms with Crippen molar-refractivity contribution in [1.29, 1.82) is 5.26 Å². The van der Waals surface area contributed by atoms with Gasteiger partial charge >= 0.3 is 11.1 Å². The number of nitro benzene ring substituents is 1. The van der Waals surface area contributed by atoms with E-state index in [9.17, 15) is 19.7 Å². The van der Waals surface area contributed by atoms with E-state index in [0.717, 1.165) is 17.8 Å². The van der Waals surface area contributed by atoms with E-state index in [2.05, 4.69) is 10.1 Å². The van der Waals surface area contributed by atoms with Crippen LogP contribution in [0.5, 0.6) is 0 Å². The number of hydrogen-bond donors (Lipinski definition) is 1. The number of benzene rings is 1. The molecule has 0 saturated carbocycles. The number of rotatable bonds is 3. The van der Waals surface area contributed by atoms with E-state index < -0.39 is 16.0 Å². The number of nitro groups is 1. The fourth-order valence-corrected chi connectivity index (χ4v) is 2.32. The summed E-state index contributed by atoms with van der Waals surface area (Å²) in [4.78, 5) is 36.4. The average molecular weight is 305 g/mol. The lowest BCUT2D eigenvalue weighted by molar-refractivity contribution is -0.384. The Morgan fingerprint density at radius 2 is 2.19 bits per heavy atom. The monoisotopic (exact) mass is 305 g/mol. The molecule has 106 valence electrons. The van der Waals surface area contributed by atoms with Gasteiger partial charge in [-0.1, -0.05) is 0 Å². The lowest BCUT2D eigenvalue weighted by Gasteiger charge is -2.06. The number of nitrogens with one attached hydrogen (secondary N) is 1. The number of aromatic amines is 1. The number of non-ortho nitro benzene ring substituents is 1. The molecular weight excluding hydrogens is 298 g/mol. The third kappa shape index (κ3) is 2.98. The number of hydrogen-bond acceptors (Lipinski definition) is 7. The quantitative estimate of drug-likeness (QED) is 0.492. The molecule has 2 aromatic rings. The summed E-state index contributed by atoms with van der Waals surface area (Å²) in [5.74, 6) is 0. The Kier molecular flexibility index (Phi) is 3.86. The normalized spacial score (nSPS) is 10.1. The molecule has 1 heterocycles. The molecule has 21 heavy (non-hydrogen) atoms. The Labute approximate surface area is 121 Å². The minimum Gasteiger partial charge on any atom is -0.265 e. The first-order valence-corrected chi connectivity index (χ1v) is 6.28. The molecule has 0 aliphatic heterocycles. The fourth-order valence-electron chi connectivity index (χ4n) is 1.46. The van der Waals surface area contributed by atoms with E-state index in [-0.39, 0.29) is 16.4 Å². The van der Waals surface area contributed by atoms with Gasteiger partial charge in [-0.15, -0.1) is 0 Å². The first-order valence-electron chi connectivity index (χ1n) is 5.46.